The molecule has 0 aliphatic heterocycles. The van der Waals surface area contributed by atoms with Crippen molar-refractivity contribution in [1.82, 2.24) is 9.97 Å². The molecule has 0 saturated carbocycles. The van der Waals surface area contributed by atoms with Crippen LogP contribution < -0.4 is 28.3 Å². The molecule has 9 aromatic rings. The second kappa shape index (κ2) is 22.9. The van der Waals surface area contributed by atoms with Crippen LogP contribution in [0.3, 0.4) is 0 Å². The monoisotopic (exact) mass is 1030 g/mol. The van der Waals surface area contributed by atoms with Gasteiger partial charge >= 0.3 is 20.1 Å². The van der Waals surface area contributed by atoms with Crippen molar-refractivity contribution >= 4 is 69.2 Å². The van der Waals surface area contributed by atoms with Crippen molar-refractivity contribution in [3.63, 3.8) is 0 Å². The molecular weight excluding hydrogens is 1010 g/mol. The zero-order valence-corrected chi connectivity index (χ0v) is 35.5. The van der Waals surface area contributed by atoms with Gasteiger partial charge in [-0.15, -0.1) is 47.5 Å². The zero-order valence-electron chi connectivity index (χ0n) is 29.9. The number of fused-ring (bicyclic) bond motifs is 2. The van der Waals surface area contributed by atoms with Crippen LogP contribution in [0.2, 0.25) is 0 Å². The number of para-hydroxylation sites is 4. The normalized spacial score (nSPS) is 10.2. The number of benzene rings is 7. The first-order chi connectivity index (χ1) is 27.3. The fraction of sp³-hybridized carbons (Fsp3) is 0.0222. The standard InChI is InChI=1S/C18H15P.2C13H6F2NO.CH2Cl2.ClH.Ir/c1-4-10-16(11-5-1)19(17-12-6-2-7-13-17)18-14-8-3-9-15-18;2*14-9-5-8(6-10(15)7-9)13-16-11-3-1-2-4-12(11)17-13;2-1-3;;/h1-15H;2*1-5,7H;1H2;1H;/q;2*-1;;;+3/p-1. The van der Waals surface area contributed by atoms with Gasteiger partial charge in [0, 0.05) is 23.3 Å². The molecule has 9 rings (SSSR count). The first kappa shape index (κ1) is 45.8. The van der Waals surface area contributed by atoms with E-state index >= 15 is 0 Å². The van der Waals surface area contributed by atoms with E-state index in [-0.39, 0.29) is 60.8 Å². The van der Waals surface area contributed by atoms with Gasteiger partial charge in [0.1, 0.15) is 22.9 Å². The molecule has 0 fully saturated rings. The molecule has 0 N–H and O–H groups in total. The molecule has 2 heterocycles. The van der Waals surface area contributed by atoms with Crippen LogP contribution in [0.1, 0.15) is 0 Å². The Morgan fingerprint density at radius 1 is 0.483 bits per heavy atom. The second-order valence-corrected chi connectivity index (χ2v) is 14.6. The van der Waals surface area contributed by atoms with Gasteiger partial charge in [-0.05, 0) is 48.1 Å². The van der Waals surface area contributed by atoms with Crippen molar-refractivity contribution in [2.45, 2.75) is 0 Å². The van der Waals surface area contributed by atoms with E-state index in [1.165, 1.54) is 15.9 Å². The molecule has 0 aliphatic carbocycles. The summed E-state index contributed by atoms with van der Waals surface area (Å²) in [6.07, 6.45) is 0. The van der Waals surface area contributed by atoms with Crippen molar-refractivity contribution in [3.8, 4) is 22.9 Å². The van der Waals surface area contributed by atoms with Crippen molar-refractivity contribution in [1.29, 1.82) is 0 Å². The van der Waals surface area contributed by atoms with Crippen molar-refractivity contribution in [2.75, 3.05) is 5.34 Å². The summed E-state index contributed by atoms with van der Waals surface area (Å²) in [4.78, 5) is 8.27. The van der Waals surface area contributed by atoms with Gasteiger partial charge in [0.2, 0.25) is 0 Å². The number of alkyl halides is 2. The Labute approximate surface area is 363 Å². The molecule has 58 heavy (non-hydrogen) atoms. The molecular formula is C45H29Cl3F4IrN2O2P. The SMILES string of the molecule is ClCCl.Fc1[c-]c(-c2nc3ccccc3o2)cc(F)c1.Fc1[c-]c(-c2nc3ccccc3o2)cc(F)c1.[Cl-].[Ir+3].c1ccc(P(c2ccccc2)c2ccccc2)cc1. The van der Waals surface area contributed by atoms with Gasteiger partial charge in [-0.1, -0.05) is 139 Å². The van der Waals surface area contributed by atoms with E-state index < -0.39 is 31.2 Å². The van der Waals surface area contributed by atoms with Gasteiger partial charge < -0.3 is 21.2 Å². The summed E-state index contributed by atoms with van der Waals surface area (Å²) in [5.74, 6) is -2.60. The molecule has 0 radical (unpaired) electrons. The average molecular weight is 1040 g/mol. The minimum atomic E-state index is -0.776. The maximum Gasteiger partial charge on any atom is 3.00 e. The predicted octanol–water partition coefficient (Wildman–Crippen LogP) is 9.01. The van der Waals surface area contributed by atoms with Crippen LogP contribution in [0.25, 0.3) is 45.1 Å². The van der Waals surface area contributed by atoms with E-state index in [0.717, 1.165) is 24.3 Å². The first-order valence-corrected chi connectivity index (χ1v) is 19.3. The molecule has 0 saturated heterocycles. The molecule has 4 nitrogen and oxygen atoms in total. The summed E-state index contributed by atoms with van der Waals surface area (Å²) in [5.41, 5.74) is 2.75. The quantitative estimate of drug-likeness (QED) is 0.0749. The van der Waals surface area contributed by atoms with Crippen molar-refractivity contribution in [3.05, 3.63) is 199 Å². The number of aromatic nitrogens is 2. The average Bonchev–Trinajstić information content (AvgIpc) is 3.85. The Hall–Kier alpha value is -4.85. The number of nitrogens with zero attached hydrogens (tertiary/aromatic N) is 2. The summed E-state index contributed by atoms with van der Waals surface area (Å²) < 4.78 is 62.9. The van der Waals surface area contributed by atoms with Crippen LogP contribution in [-0.4, -0.2) is 15.3 Å². The summed E-state index contributed by atoms with van der Waals surface area (Å²) in [7, 11) is -0.446. The molecule has 13 heteroatoms. The Morgan fingerprint density at radius 3 is 1.10 bits per heavy atom. The predicted molar refractivity (Wildman–Crippen MR) is 218 cm³/mol. The molecule has 294 valence electrons. The second-order valence-electron chi connectivity index (χ2n) is 11.5. The fourth-order valence-electron chi connectivity index (χ4n) is 5.39. The third kappa shape index (κ3) is 12.6. The van der Waals surface area contributed by atoms with Crippen LogP contribution in [0.15, 0.2) is 173 Å². The first-order valence-electron chi connectivity index (χ1n) is 16.9. The van der Waals surface area contributed by atoms with Gasteiger partial charge in [-0.2, -0.15) is 0 Å². The third-order valence-electron chi connectivity index (χ3n) is 7.69. The van der Waals surface area contributed by atoms with E-state index in [4.69, 9.17) is 32.0 Å². The molecule has 0 amide bonds. The minimum absolute atomic E-state index is 0. The molecule has 2 aromatic heterocycles. The molecule has 7 aromatic carbocycles. The topological polar surface area (TPSA) is 52.1 Å². The number of rotatable bonds is 5. The maximum atomic E-state index is 13.0. The largest absolute Gasteiger partial charge is 3.00 e. The molecule has 0 aliphatic rings. The van der Waals surface area contributed by atoms with E-state index in [1.807, 2.05) is 12.1 Å². The number of hydrogen-bond donors (Lipinski definition) is 0. The maximum absolute atomic E-state index is 13.0. The fourth-order valence-corrected chi connectivity index (χ4v) is 7.69. The number of halogens is 7. The Kier molecular flexibility index (Phi) is 18.1. The summed E-state index contributed by atoms with van der Waals surface area (Å²) >= 11 is 9.53. The van der Waals surface area contributed by atoms with E-state index in [2.05, 4.69) is 113 Å². The van der Waals surface area contributed by atoms with Crippen LogP contribution in [0, 0.1) is 35.4 Å². The smallest absolute Gasteiger partial charge is 1.00 e. The zero-order chi connectivity index (χ0) is 39.3. The van der Waals surface area contributed by atoms with Crippen molar-refractivity contribution in [2.24, 2.45) is 0 Å². The van der Waals surface area contributed by atoms with Gasteiger partial charge in [-0.25, -0.2) is 17.6 Å². The molecule has 0 atom stereocenters. The van der Waals surface area contributed by atoms with Crippen LogP contribution in [-0.2, 0) is 20.1 Å². The van der Waals surface area contributed by atoms with Gasteiger partial charge in [0.25, 0.3) is 0 Å². The van der Waals surface area contributed by atoms with Crippen molar-refractivity contribution < 1.29 is 58.9 Å². The van der Waals surface area contributed by atoms with Gasteiger partial charge in [-0.3, -0.25) is 9.97 Å². The van der Waals surface area contributed by atoms with Crippen LogP contribution >= 0.6 is 31.1 Å². The molecule has 0 spiro atoms. The summed E-state index contributed by atoms with van der Waals surface area (Å²) in [5, 5.41) is 4.39. The summed E-state index contributed by atoms with van der Waals surface area (Å²) in [6.45, 7) is 0. The number of oxazole rings is 2. The van der Waals surface area contributed by atoms with Crippen LogP contribution in [0.5, 0.6) is 0 Å². The molecule has 0 unspecified atom stereocenters. The summed E-state index contributed by atoms with van der Waals surface area (Å²) in [6, 6.07) is 55.0. The van der Waals surface area contributed by atoms with Crippen LogP contribution in [0.4, 0.5) is 17.6 Å². The third-order valence-corrected chi connectivity index (χ3v) is 10.1. The minimum Gasteiger partial charge on any atom is -1.00 e. The van der Waals surface area contributed by atoms with E-state index in [0.29, 0.717) is 22.2 Å². The Bertz CT molecular complexity index is 2300. The van der Waals surface area contributed by atoms with E-state index in [9.17, 15) is 17.6 Å². The Morgan fingerprint density at radius 2 is 0.793 bits per heavy atom. The Balaban J connectivity index is 0.000000183. The number of hydrogen-bond acceptors (Lipinski definition) is 4. The van der Waals surface area contributed by atoms with E-state index in [1.54, 1.807) is 36.4 Å². The van der Waals surface area contributed by atoms with Gasteiger partial charge in [0.05, 0.1) is 16.4 Å². The van der Waals surface area contributed by atoms with Gasteiger partial charge in [0.15, 0.2) is 0 Å². The molecule has 0 bridgehead atoms.